The van der Waals surface area contributed by atoms with E-state index in [4.69, 9.17) is 5.73 Å². The number of nitrogens with two attached hydrogens (primary N) is 1. The van der Waals surface area contributed by atoms with Gasteiger partial charge in [-0.05, 0) is 36.6 Å². The maximum absolute atomic E-state index is 5.81. The second kappa shape index (κ2) is 4.72. The van der Waals surface area contributed by atoms with Crippen LogP contribution in [-0.4, -0.2) is 14.6 Å². The van der Waals surface area contributed by atoms with E-state index in [0.29, 0.717) is 0 Å². The number of aryl methyl sites for hydroxylation is 3. The average molecular weight is 252 g/mol. The van der Waals surface area contributed by atoms with Crippen molar-refractivity contribution in [2.45, 2.75) is 19.8 Å². The predicted octanol–water partition coefficient (Wildman–Crippen LogP) is 2.41. The van der Waals surface area contributed by atoms with Gasteiger partial charge in [0, 0.05) is 18.3 Å². The Morgan fingerprint density at radius 2 is 1.89 bits per heavy atom. The van der Waals surface area contributed by atoms with Gasteiger partial charge in [-0.1, -0.05) is 24.3 Å². The van der Waals surface area contributed by atoms with Crippen molar-refractivity contribution in [2.24, 2.45) is 0 Å². The Kier molecular flexibility index (Phi) is 2.91. The van der Waals surface area contributed by atoms with E-state index in [1.54, 1.807) is 0 Å². The van der Waals surface area contributed by atoms with Gasteiger partial charge in [0.15, 0.2) is 5.65 Å². The molecule has 0 radical (unpaired) electrons. The molecule has 0 saturated carbocycles. The third-order valence-corrected chi connectivity index (χ3v) is 3.38. The summed E-state index contributed by atoms with van der Waals surface area (Å²) in [6, 6.07) is 12.2. The second-order valence-electron chi connectivity index (χ2n) is 4.73. The van der Waals surface area contributed by atoms with E-state index in [0.717, 1.165) is 30.0 Å². The van der Waals surface area contributed by atoms with Crippen LogP contribution in [0.1, 0.15) is 17.0 Å². The van der Waals surface area contributed by atoms with Gasteiger partial charge >= 0.3 is 0 Å². The van der Waals surface area contributed by atoms with Gasteiger partial charge in [-0.25, -0.2) is 0 Å². The lowest BCUT2D eigenvalue weighted by Crippen LogP contribution is -2.00. The summed E-state index contributed by atoms with van der Waals surface area (Å²) in [6.45, 7) is 2.13. The van der Waals surface area contributed by atoms with Crippen LogP contribution in [0, 0.1) is 6.92 Å². The highest BCUT2D eigenvalue weighted by atomic mass is 15.2. The molecular formula is C15H16N4. The predicted molar refractivity (Wildman–Crippen MR) is 76.0 cm³/mol. The third kappa shape index (κ3) is 2.29. The van der Waals surface area contributed by atoms with E-state index in [9.17, 15) is 0 Å². The molecule has 0 aliphatic rings. The number of anilines is 1. The summed E-state index contributed by atoms with van der Waals surface area (Å²) in [5, 5.41) is 8.39. The lowest BCUT2D eigenvalue weighted by molar-refractivity contribution is 0.835. The third-order valence-electron chi connectivity index (χ3n) is 3.38. The summed E-state index contributed by atoms with van der Waals surface area (Å²) in [5.41, 5.74) is 10.0. The van der Waals surface area contributed by atoms with Gasteiger partial charge in [0.2, 0.25) is 0 Å². The van der Waals surface area contributed by atoms with Crippen molar-refractivity contribution >= 4 is 11.3 Å². The van der Waals surface area contributed by atoms with Crippen LogP contribution in [0.4, 0.5) is 5.69 Å². The number of fused-ring (bicyclic) bond motifs is 1. The number of hydrogen-bond acceptors (Lipinski definition) is 3. The van der Waals surface area contributed by atoms with E-state index >= 15 is 0 Å². The van der Waals surface area contributed by atoms with Crippen molar-refractivity contribution in [3.63, 3.8) is 0 Å². The van der Waals surface area contributed by atoms with Gasteiger partial charge in [-0.3, -0.25) is 4.40 Å². The summed E-state index contributed by atoms with van der Waals surface area (Å²) in [6.07, 6.45) is 3.69. The molecule has 0 fully saturated rings. The summed E-state index contributed by atoms with van der Waals surface area (Å²) in [7, 11) is 0. The smallest absolute Gasteiger partial charge is 0.160 e. The molecule has 0 atom stereocenters. The molecule has 0 aliphatic heterocycles. The second-order valence-corrected chi connectivity index (χ2v) is 4.73. The normalized spacial score (nSPS) is 11.0. The van der Waals surface area contributed by atoms with E-state index in [1.807, 2.05) is 22.7 Å². The molecule has 3 aromatic rings. The maximum atomic E-state index is 5.81. The minimum Gasteiger partial charge on any atom is -0.398 e. The molecule has 4 heteroatoms. The minimum atomic E-state index is 0.726. The first-order valence-electron chi connectivity index (χ1n) is 6.38. The largest absolute Gasteiger partial charge is 0.398 e. The highest BCUT2D eigenvalue weighted by Gasteiger charge is 2.06. The van der Waals surface area contributed by atoms with Crippen LogP contribution < -0.4 is 5.73 Å². The molecule has 1 aromatic carbocycles. The number of hydrogen-bond donors (Lipinski definition) is 1. The molecule has 0 unspecified atom stereocenters. The van der Waals surface area contributed by atoms with Crippen LogP contribution >= 0.6 is 0 Å². The molecule has 4 nitrogen and oxygen atoms in total. The van der Waals surface area contributed by atoms with Crippen molar-refractivity contribution < 1.29 is 0 Å². The van der Waals surface area contributed by atoms with Crippen LogP contribution in [0.5, 0.6) is 0 Å². The number of aromatic nitrogens is 3. The Balaban J connectivity index is 1.86. The van der Waals surface area contributed by atoms with E-state index in [2.05, 4.69) is 41.4 Å². The topological polar surface area (TPSA) is 56.2 Å². The Morgan fingerprint density at radius 1 is 1.05 bits per heavy atom. The van der Waals surface area contributed by atoms with Crippen LogP contribution in [0.3, 0.4) is 0 Å². The van der Waals surface area contributed by atoms with Gasteiger partial charge in [0.05, 0.1) is 0 Å². The monoisotopic (exact) mass is 252 g/mol. The zero-order chi connectivity index (χ0) is 13.2. The standard InChI is InChI=1S/C15H16N4/c1-11-4-2-3-5-12(11)6-8-14-17-18-15-9-7-13(16)10-19(14)15/h2-5,7,9-10H,6,8,16H2,1H3. The number of nitrogens with zero attached hydrogens (tertiary/aromatic N) is 3. The molecule has 19 heavy (non-hydrogen) atoms. The van der Waals surface area contributed by atoms with E-state index < -0.39 is 0 Å². The van der Waals surface area contributed by atoms with Crippen molar-refractivity contribution in [3.8, 4) is 0 Å². The number of nitrogen functional groups attached to an aromatic ring is 1. The highest BCUT2D eigenvalue weighted by molar-refractivity contribution is 5.47. The van der Waals surface area contributed by atoms with Crippen molar-refractivity contribution in [1.29, 1.82) is 0 Å². The molecule has 3 rings (SSSR count). The van der Waals surface area contributed by atoms with Gasteiger partial charge in [-0.2, -0.15) is 0 Å². The van der Waals surface area contributed by atoms with Gasteiger partial charge in [-0.15, -0.1) is 10.2 Å². The Morgan fingerprint density at radius 3 is 2.74 bits per heavy atom. The van der Waals surface area contributed by atoms with Gasteiger partial charge < -0.3 is 5.73 Å². The quantitative estimate of drug-likeness (QED) is 0.778. The molecule has 96 valence electrons. The molecule has 0 aliphatic carbocycles. The van der Waals surface area contributed by atoms with Crippen molar-refractivity contribution in [2.75, 3.05) is 5.73 Å². The Bertz CT molecular complexity index is 715. The van der Waals surface area contributed by atoms with E-state index in [1.165, 1.54) is 11.1 Å². The maximum Gasteiger partial charge on any atom is 0.160 e. The molecule has 0 spiro atoms. The first kappa shape index (κ1) is 11.7. The lowest BCUT2D eigenvalue weighted by Gasteiger charge is -2.04. The van der Waals surface area contributed by atoms with Gasteiger partial charge in [0.1, 0.15) is 5.82 Å². The summed E-state index contributed by atoms with van der Waals surface area (Å²) in [4.78, 5) is 0. The van der Waals surface area contributed by atoms with Crippen molar-refractivity contribution in [3.05, 3.63) is 59.5 Å². The molecule has 2 N–H and O–H groups in total. The lowest BCUT2D eigenvalue weighted by atomic mass is 10.0. The molecule has 0 bridgehead atoms. The number of rotatable bonds is 3. The van der Waals surface area contributed by atoms with Gasteiger partial charge in [0.25, 0.3) is 0 Å². The molecule has 0 amide bonds. The van der Waals surface area contributed by atoms with Crippen LogP contribution in [0.25, 0.3) is 5.65 Å². The first-order chi connectivity index (χ1) is 9.24. The summed E-state index contributed by atoms with van der Waals surface area (Å²) < 4.78 is 1.97. The zero-order valence-corrected chi connectivity index (χ0v) is 10.9. The molecule has 0 saturated heterocycles. The summed E-state index contributed by atoms with van der Waals surface area (Å²) in [5.74, 6) is 0.950. The Hall–Kier alpha value is -2.36. The number of benzene rings is 1. The highest BCUT2D eigenvalue weighted by Crippen LogP contribution is 2.13. The van der Waals surface area contributed by atoms with Crippen LogP contribution in [-0.2, 0) is 12.8 Å². The Labute approximate surface area is 111 Å². The zero-order valence-electron chi connectivity index (χ0n) is 10.9. The molecule has 2 aromatic heterocycles. The van der Waals surface area contributed by atoms with E-state index in [-0.39, 0.29) is 0 Å². The minimum absolute atomic E-state index is 0.726. The van der Waals surface area contributed by atoms with Crippen LogP contribution in [0.15, 0.2) is 42.6 Å². The summed E-state index contributed by atoms with van der Waals surface area (Å²) >= 11 is 0. The molecule has 2 heterocycles. The fourth-order valence-corrected chi connectivity index (χ4v) is 2.26. The SMILES string of the molecule is Cc1ccccc1CCc1nnc2ccc(N)cn12. The first-order valence-corrected chi connectivity index (χ1v) is 6.38. The molecular weight excluding hydrogens is 236 g/mol. The average Bonchev–Trinajstić information content (AvgIpc) is 2.80. The number of pyridine rings is 1. The fourth-order valence-electron chi connectivity index (χ4n) is 2.26. The van der Waals surface area contributed by atoms with Crippen molar-refractivity contribution in [1.82, 2.24) is 14.6 Å². The fraction of sp³-hybridized carbons (Fsp3) is 0.200. The van der Waals surface area contributed by atoms with Crippen LogP contribution in [0.2, 0.25) is 0 Å².